The van der Waals surface area contributed by atoms with Crippen LogP contribution in [0.1, 0.15) is 15.9 Å². The van der Waals surface area contributed by atoms with Crippen LogP contribution in [0.4, 0.5) is 0 Å². The lowest BCUT2D eigenvalue weighted by atomic mass is 10.1. The van der Waals surface area contributed by atoms with Gasteiger partial charge in [0.05, 0.1) is 31.0 Å². The van der Waals surface area contributed by atoms with Gasteiger partial charge >= 0.3 is 0 Å². The lowest BCUT2D eigenvalue weighted by molar-refractivity contribution is 0.104. The van der Waals surface area contributed by atoms with Gasteiger partial charge in [0.2, 0.25) is 0 Å². The van der Waals surface area contributed by atoms with Crippen molar-refractivity contribution in [3.63, 3.8) is 0 Å². The van der Waals surface area contributed by atoms with Gasteiger partial charge in [-0.3, -0.25) is 4.79 Å². The summed E-state index contributed by atoms with van der Waals surface area (Å²) in [5.41, 5.74) is 3.75. The topological polar surface area (TPSA) is 63.9 Å². The normalized spacial score (nSPS) is 12.6. The van der Waals surface area contributed by atoms with Gasteiger partial charge in [0, 0.05) is 35.6 Å². The van der Waals surface area contributed by atoms with E-state index in [1.165, 1.54) is 0 Å². The Morgan fingerprint density at radius 1 is 1.07 bits per heavy atom. The number of fused-ring (bicyclic) bond motifs is 5. The summed E-state index contributed by atoms with van der Waals surface area (Å²) in [5, 5.41) is 10.8. The van der Waals surface area contributed by atoms with Crippen molar-refractivity contribution in [2.75, 3.05) is 34.9 Å². The SMILES string of the molecule is COc1cc(OC)c2c(c1)-c1c(c3cc(O)ccc3n1CCN(C)C)C2=O. The maximum atomic E-state index is 13.3. The van der Waals surface area contributed by atoms with Gasteiger partial charge in [-0.05, 0) is 38.4 Å². The molecule has 0 aliphatic heterocycles. The first-order chi connectivity index (χ1) is 13.0. The second-order valence-electron chi connectivity index (χ2n) is 6.96. The zero-order valence-electron chi connectivity index (χ0n) is 15.9. The lowest BCUT2D eigenvalue weighted by Crippen LogP contribution is -2.18. The molecule has 27 heavy (non-hydrogen) atoms. The molecule has 0 fully saturated rings. The molecule has 0 saturated carbocycles. The number of benzene rings is 2. The molecule has 4 rings (SSSR count). The zero-order valence-corrected chi connectivity index (χ0v) is 15.9. The molecule has 0 bridgehead atoms. The van der Waals surface area contributed by atoms with E-state index in [1.54, 1.807) is 32.4 Å². The number of nitrogens with zero attached hydrogens (tertiary/aromatic N) is 2. The van der Waals surface area contributed by atoms with Gasteiger partial charge in [-0.2, -0.15) is 0 Å². The van der Waals surface area contributed by atoms with E-state index in [9.17, 15) is 9.90 Å². The molecule has 2 aromatic carbocycles. The summed E-state index contributed by atoms with van der Waals surface area (Å²) in [7, 11) is 7.18. The summed E-state index contributed by atoms with van der Waals surface area (Å²) in [6.45, 7) is 1.54. The highest BCUT2D eigenvalue weighted by Gasteiger charge is 2.36. The number of ether oxygens (including phenoxy) is 2. The molecule has 0 unspecified atom stereocenters. The fourth-order valence-corrected chi connectivity index (χ4v) is 3.80. The number of methoxy groups -OCH3 is 2. The summed E-state index contributed by atoms with van der Waals surface area (Å²) in [4.78, 5) is 15.4. The second-order valence-corrected chi connectivity index (χ2v) is 6.96. The van der Waals surface area contributed by atoms with Crippen LogP contribution < -0.4 is 9.47 Å². The second kappa shape index (κ2) is 6.32. The van der Waals surface area contributed by atoms with E-state index in [0.29, 0.717) is 22.6 Å². The van der Waals surface area contributed by atoms with Crippen LogP contribution in [0.15, 0.2) is 30.3 Å². The van der Waals surface area contributed by atoms with E-state index < -0.39 is 0 Å². The predicted octanol–water partition coefficient (Wildman–Crippen LogP) is 3.14. The van der Waals surface area contributed by atoms with Crippen molar-refractivity contribution in [2.45, 2.75) is 6.54 Å². The number of likely N-dealkylation sites (N-methyl/N-ethyl adjacent to an activating group) is 1. The Labute approximate surface area is 157 Å². The fourth-order valence-electron chi connectivity index (χ4n) is 3.80. The van der Waals surface area contributed by atoms with Crippen molar-refractivity contribution in [3.8, 4) is 28.5 Å². The highest BCUT2D eigenvalue weighted by Crippen LogP contribution is 2.48. The highest BCUT2D eigenvalue weighted by atomic mass is 16.5. The predicted molar refractivity (Wildman–Crippen MR) is 104 cm³/mol. The summed E-state index contributed by atoms with van der Waals surface area (Å²) in [6, 6.07) is 8.79. The van der Waals surface area contributed by atoms with E-state index in [-0.39, 0.29) is 11.5 Å². The van der Waals surface area contributed by atoms with Crippen molar-refractivity contribution in [1.82, 2.24) is 9.47 Å². The van der Waals surface area contributed by atoms with Crippen LogP contribution in [0, 0.1) is 0 Å². The smallest absolute Gasteiger partial charge is 0.200 e. The quantitative estimate of drug-likeness (QED) is 0.588. The number of aromatic hydroxyl groups is 1. The molecule has 0 saturated heterocycles. The Kier molecular flexibility index (Phi) is 4.08. The fraction of sp³-hybridized carbons (Fsp3) is 0.286. The third-order valence-corrected chi connectivity index (χ3v) is 5.06. The summed E-state index contributed by atoms with van der Waals surface area (Å²) < 4.78 is 13.0. The minimum atomic E-state index is -0.0845. The Morgan fingerprint density at radius 3 is 2.52 bits per heavy atom. The molecule has 3 aromatic rings. The van der Waals surface area contributed by atoms with Gasteiger partial charge in [-0.15, -0.1) is 0 Å². The standard InChI is InChI=1S/C21H22N2O4/c1-22(2)7-8-23-16-6-5-12(24)9-14(16)19-20(23)15-10-13(26-3)11-17(27-4)18(15)21(19)25/h5-6,9-11,24H,7-8H2,1-4H3. The van der Waals surface area contributed by atoms with Gasteiger partial charge < -0.3 is 24.0 Å². The molecule has 0 spiro atoms. The number of carbonyl (C=O) groups excluding carboxylic acids is 1. The van der Waals surface area contributed by atoms with Crippen LogP contribution in [0.25, 0.3) is 22.2 Å². The molecule has 6 nitrogen and oxygen atoms in total. The molecular formula is C21H22N2O4. The van der Waals surface area contributed by atoms with Crippen LogP contribution in [-0.2, 0) is 6.54 Å². The van der Waals surface area contributed by atoms with Crippen LogP contribution in [0.5, 0.6) is 17.2 Å². The molecule has 0 radical (unpaired) electrons. The van der Waals surface area contributed by atoms with Gasteiger partial charge in [0.15, 0.2) is 5.78 Å². The molecule has 1 N–H and O–H groups in total. The van der Waals surface area contributed by atoms with E-state index >= 15 is 0 Å². The van der Waals surface area contributed by atoms with E-state index in [0.717, 1.165) is 35.2 Å². The molecule has 1 aliphatic rings. The van der Waals surface area contributed by atoms with Gasteiger partial charge in [-0.1, -0.05) is 0 Å². The zero-order chi connectivity index (χ0) is 19.3. The Bertz CT molecular complexity index is 1070. The Hall–Kier alpha value is -2.99. The molecule has 6 heteroatoms. The summed E-state index contributed by atoms with van der Waals surface area (Å²) in [6.07, 6.45) is 0. The van der Waals surface area contributed by atoms with Gasteiger partial charge in [-0.25, -0.2) is 0 Å². The number of aromatic nitrogens is 1. The number of hydrogen-bond acceptors (Lipinski definition) is 5. The minimum absolute atomic E-state index is 0.0845. The first-order valence-electron chi connectivity index (χ1n) is 8.77. The summed E-state index contributed by atoms with van der Waals surface area (Å²) in [5.74, 6) is 1.19. The number of phenols is 1. The molecule has 1 heterocycles. The van der Waals surface area contributed by atoms with Crippen molar-refractivity contribution < 1.29 is 19.4 Å². The molecule has 0 atom stereocenters. The van der Waals surface area contributed by atoms with E-state index in [2.05, 4.69) is 9.47 Å². The van der Waals surface area contributed by atoms with Crippen LogP contribution >= 0.6 is 0 Å². The summed E-state index contributed by atoms with van der Waals surface area (Å²) >= 11 is 0. The van der Waals surface area contributed by atoms with Crippen LogP contribution in [0.2, 0.25) is 0 Å². The number of rotatable bonds is 5. The average molecular weight is 366 g/mol. The number of hydrogen-bond donors (Lipinski definition) is 1. The number of phenolic OH excluding ortho intramolecular Hbond substituents is 1. The van der Waals surface area contributed by atoms with Crippen molar-refractivity contribution in [1.29, 1.82) is 0 Å². The molecule has 140 valence electrons. The highest BCUT2D eigenvalue weighted by molar-refractivity contribution is 6.29. The maximum absolute atomic E-state index is 13.3. The van der Waals surface area contributed by atoms with Gasteiger partial charge in [0.25, 0.3) is 0 Å². The molecular weight excluding hydrogens is 344 g/mol. The largest absolute Gasteiger partial charge is 0.508 e. The first-order valence-corrected chi connectivity index (χ1v) is 8.77. The molecule has 1 aromatic heterocycles. The van der Waals surface area contributed by atoms with Crippen molar-refractivity contribution in [2.24, 2.45) is 0 Å². The molecule has 0 amide bonds. The van der Waals surface area contributed by atoms with E-state index in [4.69, 9.17) is 9.47 Å². The van der Waals surface area contributed by atoms with Crippen molar-refractivity contribution in [3.05, 3.63) is 41.5 Å². The minimum Gasteiger partial charge on any atom is -0.508 e. The Balaban J connectivity index is 2.06. The maximum Gasteiger partial charge on any atom is 0.200 e. The van der Waals surface area contributed by atoms with Crippen molar-refractivity contribution >= 4 is 16.7 Å². The first kappa shape index (κ1) is 17.4. The third-order valence-electron chi connectivity index (χ3n) is 5.06. The average Bonchev–Trinajstić information content (AvgIpc) is 3.12. The van der Waals surface area contributed by atoms with Gasteiger partial charge in [0.1, 0.15) is 17.2 Å². The Morgan fingerprint density at radius 2 is 1.85 bits per heavy atom. The molecule has 1 aliphatic carbocycles. The van der Waals surface area contributed by atoms with Crippen LogP contribution in [-0.4, -0.2) is 55.2 Å². The number of carbonyl (C=O) groups is 1. The van der Waals surface area contributed by atoms with Crippen LogP contribution in [0.3, 0.4) is 0 Å². The monoisotopic (exact) mass is 366 g/mol. The third kappa shape index (κ3) is 2.56. The van der Waals surface area contributed by atoms with E-state index in [1.807, 2.05) is 26.2 Å². The lowest BCUT2D eigenvalue weighted by Gasteiger charge is -2.16. The number of ketones is 1.